The molecule has 0 aromatic heterocycles. The molecule has 0 unspecified atom stereocenters. The van der Waals surface area contributed by atoms with Crippen molar-refractivity contribution in [2.45, 2.75) is 32.8 Å². The second-order valence-corrected chi connectivity index (χ2v) is 4.12. The van der Waals surface area contributed by atoms with Crippen LogP contribution in [0.15, 0.2) is 18.2 Å². The van der Waals surface area contributed by atoms with Gasteiger partial charge in [-0.1, -0.05) is 19.4 Å². The van der Waals surface area contributed by atoms with Gasteiger partial charge in [-0.05, 0) is 25.5 Å². The maximum absolute atomic E-state index is 13.6. The van der Waals surface area contributed by atoms with Crippen LogP contribution in [0.2, 0.25) is 0 Å². The molecular formula is C13H20FNO. The molecule has 0 aliphatic heterocycles. The van der Waals surface area contributed by atoms with Crippen molar-refractivity contribution in [3.63, 3.8) is 0 Å². The Morgan fingerprint density at radius 1 is 1.44 bits per heavy atom. The molecule has 1 atom stereocenters. The molecule has 0 radical (unpaired) electrons. The van der Waals surface area contributed by atoms with Gasteiger partial charge < -0.3 is 10.0 Å². The molecule has 0 saturated carbocycles. The first-order valence-corrected chi connectivity index (χ1v) is 5.75. The van der Waals surface area contributed by atoms with Gasteiger partial charge in [0.15, 0.2) is 0 Å². The van der Waals surface area contributed by atoms with Crippen LogP contribution in [-0.2, 0) is 0 Å². The highest BCUT2D eigenvalue weighted by Gasteiger charge is 2.15. The first-order chi connectivity index (χ1) is 7.57. The van der Waals surface area contributed by atoms with E-state index >= 15 is 0 Å². The number of aliphatic hydroxyl groups is 1. The number of unbranched alkanes of at least 4 members (excludes halogenated alkanes) is 1. The van der Waals surface area contributed by atoms with Gasteiger partial charge >= 0.3 is 0 Å². The van der Waals surface area contributed by atoms with Crippen molar-refractivity contribution < 1.29 is 9.50 Å². The van der Waals surface area contributed by atoms with E-state index in [1.165, 1.54) is 6.07 Å². The maximum Gasteiger partial charge on any atom is 0.131 e. The average Bonchev–Trinajstić information content (AvgIpc) is 2.24. The summed E-state index contributed by atoms with van der Waals surface area (Å²) in [6.07, 6.45) is 1.39. The molecule has 1 aromatic carbocycles. The fraction of sp³-hybridized carbons (Fsp3) is 0.538. The fourth-order valence-electron chi connectivity index (χ4n) is 1.79. The quantitative estimate of drug-likeness (QED) is 0.832. The molecule has 3 heteroatoms. The van der Waals surface area contributed by atoms with Gasteiger partial charge in [0.2, 0.25) is 0 Å². The predicted octanol–water partition coefficient (Wildman–Crippen LogP) is 3.12. The van der Waals surface area contributed by atoms with E-state index in [4.69, 9.17) is 0 Å². The Labute approximate surface area is 96.7 Å². The van der Waals surface area contributed by atoms with E-state index in [9.17, 15) is 9.50 Å². The van der Waals surface area contributed by atoms with E-state index < -0.39 is 6.10 Å². The first kappa shape index (κ1) is 13.0. The minimum absolute atomic E-state index is 0.337. The Hall–Kier alpha value is -1.09. The van der Waals surface area contributed by atoms with Gasteiger partial charge in [0.05, 0.1) is 6.10 Å². The molecule has 0 aliphatic carbocycles. The Morgan fingerprint density at radius 3 is 2.69 bits per heavy atom. The summed E-state index contributed by atoms with van der Waals surface area (Å²) in [5.74, 6) is -0.337. The number of rotatable bonds is 5. The Kier molecular flexibility index (Phi) is 4.74. The van der Waals surface area contributed by atoms with E-state index in [0.717, 1.165) is 25.1 Å². The van der Waals surface area contributed by atoms with Crippen LogP contribution >= 0.6 is 0 Å². The lowest BCUT2D eigenvalue weighted by Gasteiger charge is -2.23. The summed E-state index contributed by atoms with van der Waals surface area (Å²) in [7, 11) is 1.93. The van der Waals surface area contributed by atoms with E-state index in [2.05, 4.69) is 6.92 Å². The molecule has 90 valence electrons. The molecule has 2 nitrogen and oxygen atoms in total. The Morgan fingerprint density at radius 2 is 2.12 bits per heavy atom. The summed E-state index contributed by atoms with van der Waals surface area (Å²) < 4.78 is 13.6. The van der Waals surface area contributed by atoms with Gasteiger partial charge in [-0.15, -0.1) is 0 Å². The van der Waals surface area contributed by atoms with Crippen LogP contribution in [0.25, 0.3) is 0 Å². The van der Waals surface area contributed by atoms with Crippen LogP contribution in [-0.4, -0.2) is 18.7 Å². The van der Waals surface area contributed by atoms with Gasteiger partial charge in [-0.25, -0.2) is 4.39 Å². The fourth-order valence-corrected chi connectivity index (χ4v) is 1.79. The topological polar surface area (TPSA) is 23.5 Å². The van der Waals surface area contributed by atoms with Crippen LogP contribution < -0.4 is 4.90 Å². The van der Waals surface area contributed by atoms with Gasteiger partial charge in [-0.2, -0.15) is 0 Å². The number of hydrogen-bond acceptors (Lipinski definition) is 2. The molecule has 0 heterocycles. The highest BCUT2D eigenvalue weighted by atomic mass is 19.1. The number of hydrogen-bond donors (Lipinski definition) is 1. The van der Waals surface area contributed by atoms with Gasteiger partial charge in [-0.3, -0.25) is 0 Å². The van der Waals surface area contributed by atoms with Crippen LogP contribution in [0.1, 0.15) is 38.4 Å². The van der Waals surface area contributed by atoms with E-state index in [1.54, 1.807) is 13.0 Å². The SMILES string of the molecule is CCCCN(C)c1cccc(F)c1[C@@H](C)O. The standard InChI is InChI=1S/C13H20FNO/c1-4-5-9-15(3)12-8-6-7-11(14)13(12)10(2)16/h6-8,10,16H,4-5,9H2,1-3H3/t10-/m1/s1. The van der Waals surface area contributed by atoms with Crippen LogP contribution in [0, 0.1) is 5.82 Å². The third-order valence-electron chi connectivity index (χ3n) is 2.71. The summed E-state index contributed by atoms with van der Waals surface area (Å²) in [6, 6.07) is 4.92. The van der Waals surface area contributed by atoms with Crippen molar-refractivity contribution in [1.82, 2.24) is 0 Å². The van der Waals surface area contributed by atoms with Crippen LogP contribution in [0.3, 0.4) is 0 Å². The van der Waals surface area contributed by atoms with Crippen molar-refractivity contribution in [2.75, 3.05) is 18.5 Å². The third-order valence-corrected chi connectivity index (χ3v) is 2.71. The Bertz CT molecular complexity index is 339. The number of benzene rings is 1. The van der Waals surface area contributed by atoms with Gasteiger partial charge in [0.25, 0.3) is 0 Å². The summed E-state index contributed by atoms with van der Waals surface area (Å²) in [5, 5.41) is 9.59. The summed E-state index contributed by atoms with van der Waals surface area (Å²) in [4.78, 5) is 1.99. The van der Waals surface area contributed by atoms with E-state index in [1.807, 2.05) is 18.0 Å². The molecule has 1 rings (SSSR count). The van der Waals surface area contributed by atoms with Crippen LogP contribution in [0.5, 0.6) is 0 Å². The zero-order valence-corrected chi connectivity index (χ0v) is 10.2. The first-order valence-electron chi connectivity index (χ1n) is 5.75. The largest absolute Gasteiger partial charge is 0.389 e. The summed E-state index contributed by atoms with van der Waals surface area (Å²) in [5.41, 5.74) is 1.17. The molecule has 0 amide bonds. The zero-order valence-electron chi connectivity index (χ0n) is 10.2. The maximum atomic E-state index is 13.6. The minimum atomic E-state index is -0.778. The molecule has 1 aromatic rings. The normalized spacial score (nSPS) is 12.6. The molecule has 16 heavy (non-hydrogen) atoms. The van der Waals surface area contributed by atoms with Crippen LogP contribution in [0.4, 0.5) is 10.1 Å². The molecule has 0 spiro atoms. The summed E-state index contributed by atoms with van der Waals surface area (Å²) in [6.45, 7) is 4.59. The van der Waals surface area contributed by atoms with Crippen molar-refractivity contribution in [3.05, 3.63) is 29.6 Å². The number of nitrogens with zero attached hydrogens (tertiary/aromatic N) is 1. The second-order valence-electron chi connectivity index (χ2n) is 4.12. The molecule has 0 fully saturated rings. The smallest absolute Gasteiger partial charge is 0.131 e. The molecular weight excluding hydrogens is 205 g/mol. The molecule has 0 aliphatic rings. The lowest BCUT2D eigenvalue weighted by atomic mass is 10.1. The van der Waals surface area contributed by atoms with E-state index in [-0.39, 0.29) is 5.82 Å². The molecule has 0 saturated heterocycles. The summed E-state index contributed by atoms with van der Waals surface area (Å²) >= 11 is 0. The lowest BCUT2D eigenvalue weighted by Crippen LogP contribution is -2.21. The van der Waals surface area contributed by atoms with Crippen molar-refractivity contribution >= 4 is 5.69 Å². The average molecular weight is 225 g/mol. The highest BCUT2D eigenvalue weighted by Crippen LogP contribution is 2.28. The lowest BCUT2D eigenvalue weighted by molar-refractivity contribution is 0.194. The number of aliphatic hydroxyl groups excluding tert-OH is 1. The molecule has 0 bridgehead atoms. The number of anilines is 1. The minimum Gasteiger partial charge on any atom is -0.389 e. The van der Waals surface area contributed by atoms with Crippen molar-refractivity contribution in [3.8, 4) is 0 Å². The monoisotopic (exact) mass is 225 g/mol. The second kappa shape index (κ2) is 5.85. The van der Waals surface area contributed by atoms with Gasteiger partial charge in [0.1, 0.15) is 5.82 Å². The molecule has 1 N–H and O–H groups in total. The van der Waals surface area contributed by atoms with Crippen molar-refractivity contribution in [1.29, 1.82) is 0 Å². The van der Waals surface area contributed by atoms with Crippen molar-refractivity contribution in [2.24, 2.45) is 0 Å². The van der Waals surface area contributed by atoms with E-state index in [0.29, 0.717) is 5.56 Å². The number of halogens is 1. The zero-order chi connectivity index (χ0) is 12.1. The Balaban J connectivity index is 2.98. The predicted molar refractivity (Wildman–Crippen MR) is 65.2 cm³/mol. The van der Waals surface area contributed by atoms with Gasteiger partial charge in [0, 0.05) is 24.8 Å². The highest BCUT2D eigenvalue weighted by molar-refractivity contribution is 5.54. The third kappa shape index (κ3) is 2.95.